The lowest BCUT2D eigenvalue weighted by molar-refractivity contribution is -0.697. The summed E-state index contributed by atoms with van der Waals surface area (Å²) >= 11 is 6.55. The van der Waals surface area contributed by atoms with E-state index in [0.29, 0.717) is 27.5 Å². The largest absolute Gasteiger partial charge is 1.00 e. The molecule has 4 heterocycles. The van der Waals surface area contributed by atoms with Crippen molar-refractivity contribution in [3.8, 4) is 17.0 Å². The number of carbonyl (C=O) groups is 1. The Balaban J connectivity index is 0.00000819. The number of hydrogen-bond acceptors (Lipinski definition) is 8. The van der Waals surface area contributed by atoms with Crippen molar-refractivity contribution in [2.75, 3.05) is 26.4 Å². The molecule has 0 N–H and O–H groups in total. The number of fused-ring (bicyclic) bond motifs is 1. The molecular formula is C49H68Cl2N6O4. The average Bonchev–Trinajstić information content (AvgIpc) is 3.74. The molecule has 0 radical (unpaired) electrons. The van der Waals surface area contributed by atoms with E-state index < -0.39 is 5.97 Å². The Morgan fingerprint density at radius 3 is 2.00 bits per heavy atom. The van der Waals surface area contributed by atoms with Crippen LogP contribution >= 0.6 is 11.6 Å². The first-order valence-corrected chi connectivity index (χ1v) is 23.1. The molecule has 1 aromatic carbocycles. The van der Waals surface area contributed by atoms with Gasteiger partial charge in [0.1, 0.15) is 17.8 Å². The molecule has 0 aliphatic carbocycles. The predicted molar refractivity (Wildman–Crippen MR) is 240 cm³/mol. The first-order chi connectivity index (χ1) is 29.6. The highest BCUT2D eigenvalue weighted by molar-refractivity contribution is 6.36. The van der Waals surface area contributed by atoms with Gasteiger partial charge in [-0.05, 0) is 87.3 Å². The highest BCUT2D eigenvalue weighted by Gasteiger charge is 2.19. The molecule has 0 saturated heterocycles. The van der Waals surface area contributed by atoms with Crippen LogP contribution in [0.3, 0.4) is 0 Å². The van der Waals surface area contributed by atoms with Crippen molar-refractivity contribution in [2.45, 2.75) is 148 Å². The zero-order valence-electron chi connectivity index (χ0n) is 36.5. The first kappa shape index (κ1) is 49.7. The Bertz CT molecular complexity index is 1950. The number of aryl methyl sites for hydroxylation is 4. The lowest BCUT2D eigenvalue weighted by Crippen LogP contribution is -3.00. The molecule has 332 valence electrons. The van der Waals surface area contributed by atoms with Gasteiger partial charge in [0.15, 0.2) is 18.1 Å². The summed E-state index contributed by atoms with van der Waals surface area (Å²) in [7, 11) is 0. The Labute approximate surface area is 375 Å². The van der Waals surface area contributed by atoms with Crippen LogP contribution in [0.4, 0.5) is 0 Å². The van der Waals surface area contributed by atoms with Crippen LogP contribution in [-0.2, 0) is 40.2 Å². The minimum Gasteiger partial charge on any atom is -1.00 e. The summed E-state index contributed by atoms with van der Waals surface area (Å²) in [6.07, 6.45) is 36.0. The van der Waals surface area contributed by atoms with E-state index in [1.54, 1.807) is 18.3 Å². The van der Waals surface area contributed by atoms with Gasteiger partial charge in [-0.2, -0.15) is 0 Å². The van der Waals surface area contributed by atoms with Gasteiger partial charge in [0, 0.05) is 81.9 Å². The summed E-state index contributed by atoms with van der Waals surface area (Å²) in [6, 6.07) is 14.0. The summed E-state index contributed by atoms with van der Waals surface area (Å²) in [5, 5.41) is 9.92. The number of unbranched alkanes of at least 4 members (excludes halogenated alkanes) is 14. The summed E-state index contributed by atoms with van der Waals surface area (Å²) in [5.41, 5.74) is 4.44. The van der Waals surface area contributed by atoms with E-state index in [9.17, 15) is 4.79 Å². The van der Waals surface area contributed by atoms with Crippen LogP contribution in [0.5, 0.6) is 5.75 Å². The van der Waals surface area contributed by atoms with Crippen LogP contribution in [-0.4, -0.2) is 57.4 Å². The molecule has 4 aromatic heterocycles. The Morgan fingerprint density at radius 2 is 1.33 bits per heavy atom. The van der Waals surface area contributed by atoms with Gasteiger partial charge in [0.05, 0.1) is 16.8 Å². The fourth-order valence-corrected chi connectivity index (χ4v) is 7.87. The molecule has 0 unspecified atom stereocenters. The Hall–Kier alpha value is -3.96. The molecule has 0 amide bonds. The molecule has 0 aliphatic heterocycles. The molecule has 12 heteroatoms. The van der Waals surface area contributed by atoms with Gasteiger partial charge in [-0.15, -0.1) is 5.10 Å². The van der Waals surface area contributed by atoms with Crippen molar-refractivity contribution >= 4 is 28.5 Å². The van der Waals surface area contributed by atoms with Crippen LogP contribution in [0.15, 0.2) is 79.6 Å². The van der Waals surface area contributed by atoms with Crippen LogP contribution in [0.25, 0.3) is 22.2 Å². The minimum absolute atomic E-state index is 0. The maximum atomic E-state index is 11.9. The third kappa shape index (κ3) is 19.3. The summed E-state index contributed by atoms with van der Waals surface area (Å²) in [5.74, 6) is -0.0668. The molecule has 61 heavy (non-hydrogen) atoms. The maximum absolute atomic E-state index is 11.9. The van der Waals surface area contributed by atoms with Crippen molar-refractivity contribution in [3.05, 3.63) is 95.8 Å². The van der Waals surface area contributed by atoms with Gasteiger partial charge in [0.2, 0.25) is 0 Å². The molecule has 10 nitrogen and oxygen atoms in total. The normalized spacial score (nSPS) is 11.2. The molecule has 0 saturated carbocycles. The standard InChI is InChI=1S/C49H68ClN6O4.ClH/c1-41(57)60-49-45(37-46(50)44-27-19-29-52-48(44)49)47-40-56(54-53-47)32-15-11-6-4-2-3-5-8-12-16-34-59-36-22-26-43-24-20-31-55(39-43)30-14-10-7-9-13-17-33-58-35-21-25-42-23-18-28-51-38-42;/h18-20,23-24,27-29,31,37-40H,2-17,21-22,25-26,30,32-36H2,1H3;1H/q+1;/p-1. The lowest BCUT2D eigenvalue weighted by atomic mass is 10.1. The number of rotatable bonds is 32. The lowest BCUT2D eigenvalue weighted by Gasteiger charge is -2.11. The Morgan fingerprint density at radius 1 is 0.721 bits per heavy atom. The molecular weight excluding hydrogens is 807 g/mol. The molecule has 5 rings (SSSR count). The van der Waals surface area contributed by atoms with Crippen LogP contribution in [0.2, 0.25) is 5.02 Å². The summed E-state index contributed by atoms with van der Waals surface area (Å²) < 4.78 is 21.6. The Kier molecular flexibility index (Phi) is 24.6. The van der Waals surface area contributed by atoms with Gasteiger partial charge in [-0.3, -0.25) is 19.4 Å². The quantitative estimate of drug-likeness (QED) is 0.0184. The number of carbonyl (C=O) groups excluding carboxylic acids is 1. The summed E-state index contributed by atoms with van der Waals surface area (Å²) in [6.45, 7) is 6.72. The van der Waals surface area contributed by atoms with Crippen molar-refractivity contribution in [1.29, 1.82) is 0 Å². The van der Waals surface area contributed by atoms with Gasteiger partial charge in [-0.25, -0.2) is 4.57 Å². The second kappa shape index (κ2) is 30.1. The third-order valence-corrected chi connectivity index (χ3v) is 11.2. The van der Waals surface area contributed by atoms with E-state index in [1.165, 1.54) is 102 Å². The number of hydrogen-bond donors (Lipinski definition) is 0. The van der Waals surface area contributed by atoms with Crippen LogP contribution in [0, 0.1) is 0 Å². The number of benzene rings is 1. The predicted octanol–water partition coefficient (Wildman–Crippen LogP) is 8.30. The third-order valence-electron chi connectivity index (χ3n) is 10.9. The number of halogens is 2. The molecule has 0 aliphatic rings. The smallest absolute Gasteiger partial charge is 0.308 e. The average molecular weight is 876 g/mol. The van der Waals surface area contributed by atoms with Crippen molar-refractivity contribution in [2.24, 2.45) is 0 Å². The number of esters is 1. The first-order valence-electron chi connectivity index (χ1n) is 22.8. The zero-order chi connectivity index (χ0) is 41.9. The highest BCUT2D eigenvalue weighted by Crippen LogP contribution is 2.39. The van der Waals surface area contributed by atoms with Gasteiger partial charge in [-0.1, -0.05) is 93.5 Å². The van der Waals surface area contributed by atoms with E-state index in [4.69, 9.17) is 25.8 Å². The topological polar surface area (TPSA) is 105 Å². The highest BCUT2D eigenvalue weighted by atomic mass is 35.5. The van der Waals surface area contributed by atoms with Crippen molar-refractivity contribution < 1.29 is 36.0 Å². The molecule has 0 fully saturated rings. The molecule has 0 spiro atoms. The number of pyridine rings is 3. The minimum atomic E-state index is -0.424. The molecule has 5 aromatic rings. The monoisotopic (exact) mass is 874 g/mol. The summed E-state index contributed by atoms with van der Waals surface area (Å²) in [4.78, 5) is 20.5. The van der Waals surface area contributed by atoms with Gasteiger partial charge >= 0.3 is 5.97 Å². The van der Waals surface area contributed by atoms with Crippen LogP contribution in [0.1, 0.15) is 134 Å². The fraction of sp³-hybridized carbons (Fsp3) is 0.551. The maximum Gasteiger partial charge on any atom is 0.308 e. The van der Waals surface area contributed by atoms with E-state index in [1.807, 2.05) is 35.4 Å². The van der Waals surface area contributed by atoms with Crippen LogP contribution < -0.4 is 21.7 Å². The van der Waals surface area contributed by atoms with Gasteiger partial charge in [0.25, 0.3) is 0 Å². The van der Waals surface area contributed by atoms with E-state index in [0.717, 1.165) is 89.8 Å². The number of ether oxygens (including phenoxy) is 3. The van der Waals surface area contributed by atoms with E-state index in [2.05, 4.69) is 55.4 Å². The van der Waals surface area contributed by atoms with Gasteiger partial charge < -0.3 is 26.6 Å². The molecule has 0 bridgehead atoms. The second-order valence-corrected chi connectivity index (χ2v) is 16.4. The van der Waals surface area contributed by atoms with Crippen molar-refractivity contribution in [3.63, 3.8) is 0 Å². The number of aromatic nitrogens is 6. The SMILES string of the molecule is CC(=O)Oc1c(-c2cn(CCCCCCCCCCCCOCCCc3ccc[n+](CCCCCCCCOCCCc4cccnc4)c3)nn2)cc(Cl)c2cccnc12.[Cl-]. The van der Waals surface area contributed by atoms with Crippen molar-refractivity contribution in [1.82, 2.24) is 25.0 Å². The van der Waals surface area contributed by atoms with E-state index >= 15 is 0 Å². The van der Waals surface area contributed by atoms with E-state index in [-0.39, 0.29) is 12.4 Å². The number of nitrogens with zero attached hydrogens (tertiary/aromatic N) is 6. The molecule has 0 atom stereocenters. The zero-order valence-corrected chi connectivity index (χ0v) is 38.0. The second-order valence-electron chi connectivity index (χ2n) is 16.0. The fourth-order valence-electron chi connectivity index (χ4n) is 7.61.